The summed E-state index contributed by atoms with van der Waals surface area (Å²) < 4.78 is 44.3. The molecule has 5 amide bonds. The Morgan fingerprint density at radius 2 is 0.760 bits per heavy atom. The molecule has 0 unspecified atom stereocenters. The van der Waals surface area contributed by atoms with Crippen molar-refractivity contribution in [1.29, 1.82) is 0 Å². The van der Waals surface area contributed by atoms with Crippen LogP contribution in [0.4, 0.5) is 0 Å². The molecule has 0 bridgehead atoms. The van der Waals surface area contributed by atoms with Crippen LogP contribution in [0.2, 0.25) is 0 Å². The SMILES string of the molecule is CC(C)CNC(=O)[C@H](C)NC(=O)[C@H](C)NC(=O)[C@H](C)NC(=O)CCOCCOCCOCCOCCOCCOCCOCCOCCNC(=O)c1cc(-c2cnc(C(C)C)nc2)cc(-c2cnc(C(C)C)nc2)c1. The van der Waals surface area contributed by atoms with Crippen LogP contribution in [0.15, 0.2) is 43.0 Å². The van der Waals surface area contributed by atoms with Gasteiger partial charge in [0.25, 0.3) is 5.91 Å². The van der Waals surface area contributed by atoms with Gasteiger partial charge in [0.1, 0.15) is 29.8 Å². The van der Waals surface area contributed by atoms with E-state index in [0.29, 0.717) is 111 Å². The number of carbonyl (C=O) groups is 5. The average Bonchev–Trinajstić information content (AvgIpc) is 3.39. The van der Waals surface area contributed by atoms with E-state index in [1.54, 1.807) is 31.7 Å². The van der Waals surface area contributed by atoms with E-state index >= 15 is 0 Å². The van der Waals surface area contributed by atoms with Crippen molar-refractivity contribution in [3.05, 3.63) is 60.2 Å². The Morgan fingerprint density at radius 1 is 0.413 bits per heavy atom. The lowest BCUT2D eigenvalue weighted by Crippen LogP contribution is -2.54. The predicted molar refractivity (Wildman–Crippen MR) is 281 cm³/mol. The molecule has 0 aliphatic rings. The summed E-state index contributed by atoms with van der Waals surface area (Å²) in [6, 6.07) is 3.10. The summed E-state index contributed by atoms with van der Waals surface area (Å²) in [6.45, 7) is 23.4. The van der Waals surface area contributed by atoms with Crippen LogP contribution in [0.3, 0.4) is 0 Å². The Labute approximate surface area is 442 Å². The maximum absolute atomic E-state index is 13.3. The van der Waals surface area contributed by atoms with E-state index < -0.39 is 29.9 Å². The number of aromatic nitrogens is 4. The topological polar surface area (TPSA) is 271 Å². The van der Waals surface area contributed by atoms with Crippen molar-refractivity contribution in [2.45, 2.75) is 98.7 Å². The van der Waals surface area contributed by atoms with Crippen molar-refractivity contribution in [2.24, 2.45) is 5.92 Å². The molecule has 0 radical (unpaired) electrons. The van der Waals surface area contributed by atoms with Gasteiger partial charge in [0, 0.05) is 72.8 Å². The van der Waals surface area contributed by atoms with E-state index in [9.17, 15) is 24.0 Å². The highest BCUT2D eigenvalue weighted by Crippen LogP contribution is 2.28. The summed E-state index contributed by atoms with van der Waals surface area (Å²) in [7, 11) is 0. The van der Waals surface area contributed by atoms with Crippen LogP contribution in [-0.2, 0) is 57.1 Å². The molecule has 0 aliphatic carbocycles. The number of hydrogen-bond donors (Lipinski definition) is 5. The molecule has 75 heavy (non-hydrogen) atoms. The quantitative estimate of drug-likeness (QED) is 0.0511. The Hall–Kier alpha value is -5.59. The number of hydrogen-bond acceptors (Lipinski definition) is 17. The van der Waals surface area contributed by atoms with Gasteiger partial charge in [0.05, 0.1) is 106 Å². The molecule has 22 heteroatoms. The van der Waals surface area contributed by atoms with Gasteiger partial charge in [-0.15, -0.1) is 0 Å². The largest absolute Gasteiger partial charge is 0.379 e. The highest BCUT2D eigenvalue weighted by Gasteiger charge is 2.24. The fourth-order valence-electron chi connectivity index (χ4n) is 6.45. The van der Waals surface area contributed by atoms with E-state index in [1.807, 2.05) is 59.7 Å². The molecule has 2 heterocycles. The third-order valence-electron chi connectivity index (χ3n) is 10.8. The first-order valence-electron chi connectivity index (χ1n) is 25.9. The lowest BCUT2D eigenvalue weighted by Gasteiger charge is -2.20. The minimum atomic E-state index is -0.910. The Kier molecular flexibility index (Phi) is 31.6. The zero-order valence-corrected chi connectivity index (χ0v) is 45.5. The van der Waals surface area contributed by atoms with Crippen LogP contribution in [-0.4, -0.2) is 186 Å². The van der Waals surface area contributed by atoms with Crippen LogP contribution in [0, 0.1) is 5.92 Å². The lowest BCUT2D eigenvalue weighted by atomic mass is 9.98. The second-order valence-electron chi connectivity index (χ2n) is 18.6. The van der Waals surface area contributed by atoms with Gasteiger partial charge < -0.3 is 64.5 Å². The molecule has 3 aromatic rings. The molecule has 0 spiro atoms. The number of benzene rings is 1. The van der Waals surface area contributed by atoms with Gasteiger partial charge in [0.2, 0.25) is 23.6 Å². The van der Waals surface area contributed by atoms with Crippen molar-refractivity contribution >= 4 is 29.5 Å². The number of rotatable bonds is 40. The molecule has 0 fully saturated rings. The Bertz CT molecular complexity index is 2040. The molecular formula is C53H83N9O13. The van der Waals surface area contributed by atoms with Gasteiger partial charge >= 0.3 is 0 Å². The second-order valence-corrected chi connectivity index (χ2v) is 18.6. The second kappa shape index (κ2) is 37.2. The minimum absolute atomic E-state index is 0.0409. The van der Waals surface area contributed by atoms with E-state index in [-0.39, 0.29) is 55.1 Å². The normalized spacial score (nSPS) is 12.6. The van der Waals surface area contributed by atoms with Crippen molar-refractivity contribution in [3.63, 3.8) is 0 Å². The number of nitrogens with one attached hydrogen (secondary N) is 5. The van der Waals surface area contributed by atoms with E-state index in [2.05, 4.69) is 46.5 Å². The van der Waals surface area contributed by atoms with Crippen LogP contribution in [0.5, 0.6) is 0 Å². The molecule has 3 rings (SSSR count). The standard InChI is InChI=1S/C53H83N9O13/c1-36(2)31-59-50(64)39(7)61-52(66)41(9)62-51(65)40(8)60-47(63)10-12-68-14-16-70-18-20-72-22-24-74-26-27-75-25-23-73-21-19-71-17-15-69-13-11-54-53(67)44-29-42(45-32-55-48(37(3)4)56-33-45)28-43(30-44)46-34-57-49(38(5)6)58-35-46/h28-30,32-41H,10-27,31H2,1-9H3,(H,54,67)(H,59,64)(H,60,63)(H,61,66)(H,62,65)/t39-,40-,41-/m0/s1. The third kappa shape index (κ3) is 27.2. The summed E-state index contributed by atoms with van der Waals surface area (Å²) >= 11 is 0. The fourth-order valence-corrected chi connectivity index (χ4v) is 6.45. The maximum atomic E-state index is 13.3. The molecule has 5 N–H and O–H groups in total. The summed E-state index contributed by atoms with van der Waals surface area (Å²) in [6.07, 6.45) is 7.17. The molecule has 22 nitrogen and oxygen atoms in total. The number of carbonyl (C=O) groups excluding carboxylic acids is 5. The fraction of sp³-hybridized carbons (Fsp3) is 0.642. The van der Waals surface area contributed by atoms with Crippen molar-refractivity contribution in [2.75, 3.05) is 119 Å². The van der Waals surface area contributed by atoms with Gasteiger partial charge in [-0.2, -0.15) is 0 Å². The Morgan fingerprint density at radius 3 is 1.13 bits per heavy atom. The average molecular weight is 1050 g/mol. The van der Waals surface area contributed by atoms with E-state index in [4.69, 9.17) is 37.9 Å². The van der Waals surface area contributed by atoms with Gasteiger partial charge in [0.15, 0.2) is 0 Å². The zero-order chi connectivity index (χ0) is 54.8. The first-order valence-corrected chi connectivity index (χ1v) is 25.9. The smallest absolute Gasteiger partial charge is 0.251 e. The highest BCUT2D eigenvalue weighted by atomic mass is 16.6. The highest BCUT2D eigenvalue weighted by molar-refractivity contribution is 5.97. The molecule has 0 aliphatic heterocycles. The van der Waals surface area contributed by atoms with Gasteiger partial charge in [-0.1, -0.05) is 41.5 Å². The van der Waals surface area contributed by atoms with Crippen LogP contribution < -0.4 is 26.6 Å². The van der Waals surface area contributed by atoms with E-state index in [0.717, 1.165) is 33.9 Å². The summed E-state index contributed by atoms with van der Waals surface area (Å²) in [4.78, 5) is 80.7. The summed E-state index contributed by atoms with van der Waals surface area (Å²) in [5, 5.41) is 13.4. The molecule has 0 saturated carbocycles. The van der Waals surface area contributed by atoms with Crippen LogP contribution in [0.25, 0.3) is 22.3 Å². The first kappa shape index (κ1) is 63.7. The van der Waals surface area contributed by atoms with Crippen molar-refractivity contribution in [3.8, 4) is 22.3 Å². The number of ether oxygens (including phenoxy) is 8. The van der Waals surface area contributed by atoms with Gasteiger partial charge in [-0.05, 0) is 56.0 Å². The summed E-state index contributed by atoms with van der Waals surface area (Å²) in [5.74, 6) is 0.199. The first-order chi connectivity index (χ1) is 36.0. The molecule has 3 atom stereocenters. The molecular weight excluding hydrogens is 971 g/mol. The van der Waals surface area contributed by atoms with E-state index in [1.165, 1.54) is 13.8 Å². The zero-order valence-electron chi connectivity index (χ0n) is 45.5. The van der Waals surface area contributed by atoms with Crippen LogP contribution >= 0.6 is 0 Å². The molecule has 1 aromatic carbocycles. The van der Waals surface area contributed by atoms with Gasteiger partial charge in [-0.25, -0.2) is 19.9 Å². The summed E-state index contributed by atoms with van der Waals surface area (Å²) in [5.41, 5.74) is 3.71. The minimum Gasteiger partial charge on any atom is -0.379 e. The van der Waals surface area contributed by atoms with Crippen molar-refractivity contribution < 1.29 is 61.9 Å². The molecule has 2 aromatic heterocycles. The third-order valence-corrected chi connectivity index (χ3v) is 10.8. The van der Waals surface area contributed by atoms with Crippen molar-refractivity contribution in [1.82, 2.24) is 46.5 Å². The molecule has 0 saturated heterocycles. The maximum Gasteiger partial charge on any atom is 0.251 e. The number of nitrogens with zero attached hydrogens (tertiary/aromatic N) is 4. The van der Waals surface area contributed by atoms with Gasteiger partial charge in [-0.3, -0.25) is 24.0 Å². The predicted octanol–water partition coefficient (Wildman–Crippen LogP) is 3.39. The Balaban J connectivity index is 1.09. The number of amides is 5. The monoisotopic (exact) mass is 1050 g/mol. The lowest BCUT2D eigenvalue weighted by molar-refractivity contribution is -0.133. The van der Waals surface area contributed by atoms with Crippen LogP contribution in [0.1, 0.15) is 103 Å². The molecule has 418 valence electrons.